The van der Waals surface area contributed by atoms with E-state index in [1.807, 2.05) is 208 Å². The van der Waals surface area contributed by atoms with Gasteiger partial charge in [0.1, 0.15) is 0 Å². The van der Waals surface area contributed by atoms with Crippen LogP contribution in [0.3, 0.4) is 0 Å². The van der Waals surface area contributed by atoms with Crippen LogP contribution in [0.1, 0.15) is 341 Å². The van der Waals surface area contributed by atoms with E-state index < -0.39 is 0 Å². The summed E-state index contributed by atoms with van der Waals surface area (Å²) in [7, 11) is 0. The molecule has 0 fully saturated rings. The first-order valence-corrected chi connectivity index (χ1v) is 53.1. The highest BCUT2D eigenvalue weighted by Crippen LogP contribution is 2.59. The van der Waals surface area contributed by atoms with Crippen molar-refractivity contribution in [1.29, 1.82) is 0 Å². The molecule has 0 N–H and O–H groups in total. The first kappa shape index (κ1) is 105. The van der Waals surface area contributed by atoms with Gasteiger partial charge >= 0.3 is 0 Å². The fourth-order valence-corrected chi connectivity index (χ4v) is 21.6. The van der Waals surface area contributed by atoms with Gasteiger partial charge in [0.2, 0.25) is 0 Å². The van der Waals surface area contributed by atoms with Gasteiger partial charge in [-0.25, -0.2) is 0 Å². The van der Waals surface area contributed by atoms with Crippen molar-refractivity contribution in [3.8, 4) is 66.8 Å². The third kappa shape index (κ3) is 19.2. The van der Waals surface area contributed by atoms with Crippen molar-refractivity contribution < 1.29 is 0 Å². The van der Waals surface area contributed by atoms with Crippen molar-refractivity contribution in [1.82, 2.24) is 0 Å². The number of nitrogens with zero attached hydrogens (tertiary/aromatic N) is 3. The number of anilines is 9. The molecule has 6 aliphatic carbocycles. The van der Waals surface area contributed by atoms with Crippen LogP contribution >= 0.6 is 0 Å². The molecule has 702 valence electrons. The molecule has 27 rings (SSSR count). The highest BCUT2D eigenvalue weighted by Gasteiger charge is 2.40. The SMILES string of the molecule is CC.CC.CC.CC.CC.CC.CC.CC.CC.CC.CC.CC.CC.CC.CC.c1ccc2c(c1)Cc1c-2ccc2c1Cc1cc3c(cc1-2)N1c2ccccc2Cc2cccc(c21)C3.c1ccc2c(c1)Cc1cc3c(cc1-2)Cc1cc2c(cc1-3)N1c3ccccc3Cc3cccc(c31)C2.c1ccc2c(c1)Cc1ccc3c(c1-2)Cc1cc2c(cc1-3)N1c3ccccc3Cc3cccc(c31)C2. The molecule has 12 aliphatic rings. The van der Waals surface area contributed by atoms with Gasteiger partial charge in [0.15, 0.2) is 0 Å². The van der Waals surface area contributed by atoms with Crippen LogP contribution in [0.25, 0.3) is 66.8 Å². The molecule has 15 aromatic rings. The Morgan fingerprint density at radius 2 is 0.341 bits per heavy atom. The molecule has 15 aromatic carbocycles. The second-order valence-corrected chi connectivity index (χ2v) is 31.6. The molecule has 0 radical (unpaired) electrons. The van der Waals surface area contributed by atoms with E-state index in [1.165, 1.54) is 240 Å². The zero-order chi connectivity index (χ0) is 98.0. The molecule has 135 heavy (non-hydrogen) atoms. The molecular weight excluding hydrogens is 1630 g/mol. The Morgan fingerprint density at radius 3 is 0.719 bits per heavy atom. The second-order valence-electron chi connectivity index (χ2n) is 31.6. The Balaban J connectivity index is 0.000000184. The van der Waals surface area contributed by atoms with Crippen LogP contribution in [-0.4, -0.2) is 0 Å². The van der Waals surface area contributed by atoms with Crippen molar-refractivity contribution >= 4 is 51.2 Å². The largest absolute Gasteiger partial charge is 0.309 e. The molecule has 0 aromatic heterocycles. The van der Waals surface area contributed by atoms with Crippen molar-refractivity contribution in [2.75, 3.05) is 14.7 Å². The van der Waals surface area contributed by atoms with Crippen LogP contribution in [0.4, 0.5) is 51.2 Å². The van der Waals surface area contributed by atoms with Crippen LogP contribution in [-0.2, 0) is 77.0 Å². The molecule has 0 atom stereocenters. The fourth-order valence-electron chi connectivity index (χ4n) is 21.6. The highest BCUT2D eigenvalue weighted by molar-refractivity contribution is 5.99. The zero-order valence-electron chi connectivity index (χ0n) is 88.3. The Labute approximate surface area is 818 Å². The Morgan fingerprint density at radius 1 is 0.126 bits per heavy atom. The van der Waals surface area contributed by atoms with E-state index in [2.05, 4.69) is 288 Å². The molecular formula is C132H159N3. The lowest BCUT2D eigenvalue weighted by Gasteiger charge is -2.39. The Bertz CT molecular complexity index is 6420. The highest BCUT2D eigenvalue weighted by atomic mass is 15.2. The number of benzene rings is 15. The lowest BCUT2D eigenvalue weighted by molar-refractivity contribution is 1.01. The van der Waals surface area contributed by atoms with Crippen LogP contribution in [0, 0.1) is 0 Å². The minimum absolute atomic E-state index is 1.02. The van der Waals surface area contributed by atoms with Gasteiger partial charge in [-0.15, -0.1) is 0 Å². The summed E-state index contributed by atoms with van der Waals surface area (Å²) >= 11 is 0. The number of hydrogen-bond donors (Lipinski definition) is 0. The predicted molar refractivity (Wildman–Crippen MR) is 600 cm³/mol. The summed E-state index contributed by atoms with van der Waals surface area (Å²) < 4.78 is 0. The van der Waals surface area contributed by atoms with Gasteiger partial charge in [-0.3, -0.25) is 0 Å². The minimum atomic E-state index is 1.02. The van der Waals surface area contributed by atoms with Crippen LogP contribution in [0.15, 0.2) is 273 Å². The summed E-state index contributed by atoms with van der Waals surface area (Å²) in [5.74, 6) is 0. The third-order valence-corrected chi connectivity index (χ3v) is 26.1. The first-order chi connectivity index (χ1) is 67.0. The van der Waals surface area contributed by atoms with Crippen LogP contribution < -0.4 is 14.7 Å². The molecule has 3 nitrogen and oxygen atoms in total. The summed E-state index contributed by atoms with van der Waals surface area (Å²) in [6.45, 7) is 60.0. The maximum Gasteiger partial charge on any atom is 0.0532 e. The van der Waals surface area contributed by atoms with E-state index in [1.54, 1.807) is 11.1 Å². The quantitative estimate of drug-likeness (QED) is 0.150. The molecule has 0 bridgehead atoms. The van der Waals surface area contributed by atoms with Gasteiger partial charge in [0, 0.05) is 55.6 Å². The molecule has 3 heteroatoms. The van der Waals surface area contributed by atoms with Crippen molar-refractivity contribution in [2.24, 2.45) is 0 Å². The van der Waals surface area contributed by atoms with Gasteiger partial charge in [0.25, 0.3) is 0 Å². The topological polar surface area (TPSA) is 9.72 Å². The number of fused-ring (bicyclic) bond motifs is 32. The monoisotopic (exact) mass is 1790 g/mol. The number of rotatable bonds is 0. The Kier molecular flexibility index (Phi) is 38.6. The maximum atomic E-state index is 2.56. The van der Waals surface area contributed by atoms with Gasteiger partial charge in [-0.05, 0) is 287 Å². The van der Waals surface area contributed by atoms with Crippen molar-refractivity contribution in [3.05, 3.63) is 407 Å². The summed E-state index contributed by atoms with van der Waals surface area (Å²) in [6.07, 6.45) is 12.4. The van der Waals surface area contributed by atoms with E-state index in [4.69, 9.17) is 0 Å². The van der Waals surface area contributed by atoms with E-state index in [0.717, 1.165) is 77.0 Å². The predicted octanol–water partition coefficient (Wildman–Crippen LogP) is 39.7. The summed E-state index contributed by atoms with van der Waals surface area (Å²) in [5.41, 5.74) is 64.9. The zero-order valence-corrected chi connectivity index (χ0v) is 88.3. The fraction of sp³-hybridized carbons (Fsp3) is 0.318. The van der Waals surface area contributed by atoms with Crippen molar-refractivity contribution in [2.45, 2.75) is 285 Å². The standard InChI is InChI=1S/3C34H23N.15C2H6/c1-3-10-28-20(6-1)12-25-18-30-26(17-29(25)28)15-24-16-27-14-23-9-5-8-22-13-21-7-2-4-11-32(21)35(34(22)23)33(27)19-31(24)30;1-3-10-26-20(6-1)17-30-27(26)12-13-28-29-19-33-25(16-24(29)18-31(28)30)15-23-9-5-8-22-14-21-7-2-4-11-32(21)35(33)34(22)23;1-3-10-27-20(6-1)14-22-12-13-28-29-19-32-26(17-25(29)18-30(28)33(22)27)16-24-9-5-8-23-15-21-7-2-4-11-31(21)35(32)34(23)24;15*1-2/h1-11,16-19H,12-15H2;1-13,16,19H,14-15,17-18H2;1-13,17,19H,14-16,18H2;15*1-2H3. The van der Waals surface area contributed by atoms with Crippen LogP contribution in [0.5, 0.6) is 0 Å². The van der Waals surface area contributed by atoms with Gasteiger partial charge < -0.3 is 14.7 Å². The van der Waals surface area contributed by atoms with Gasteiger partial charge in [0.05, 0.1) is 34.1 Å². The third-order valence-electron chi connectivity index (χ3n) is 26.1. The molecule has 0 saturated heterocycles. The minimum Gasteiger partial charge on any atom is -0.309 e. The summed E-state index contributed by atoms with van der Waals surface area (Å²) in [6, 6.07) is 104. The number of hydrogen-bond acceptors (Lipinski definition) is 3. The van der Waals surface area contributed by atoms with Gasteiger partial charge in [-0.1, -0.05) is 432 Å². The molecule has 0 amide bonds. The Hall–Kier alpha value is -12.3. The molecule has 6 aliphatic heterocycles. The lowest BCUT2D eigenvalue weighted by atomic mass is 9.85. The smallest absolute Gasteiger partial charge is 0.0532 e. The summed E-state index contributed by atoms with van der Waals surface area (Å²) in [4.78, 5) is 7.68. The molecule has 0 spiro atoms. The average molecular weight is 1790 g/mol. The molecule has 0 saturated carbocycles. The average Bonchev–Trinajstić information content (AvgIpc) is 1.67. The molecule has 6 heterocycles. The van der Waals surface area contributed by atoms with Crippen LogP contribution in [0.2, 0.25) is 0 Å². The van der Waals surface area contributed by atoms with E-state index in [0.29, 0.717) is 0 Å². The van der Waals surface area contributed by atoms with E-state index >= 15 is 0 Å². The lowest BCUT2D eigenvalue weighted by Crippen LogP contribution is -2.24. The van der Waals surface area contributed by atoms with Gasteiger partial charge in [-0.2, -0.15) is 0 Å². The van der Waals surface area contributed by atoms with E-state index in [9.17, 15) is 0 Å². The number of para-hydroxylation sites is 6. The second kappa shape index (κ2) is 49.8. The first-order valence-electron chi connectivity index (χ1n) is 53.1. The maximum absolute atomic E-state index is 2.56. The molecule has 0 unspecified atom stereocenters. The summed E-state index contributed by atoms with van der Waals surface area (Å²) in [5, 5.41) is 0. The van der Waals surface area contributed by atoms with Crippen molar-refractivity contribution in [3.63, 3.8) is 0 Å². The normalized spacial score (nSPS) is 12.3. The van der Waals surface area contributed by atoms with E-state index in [-0.39, 0.29) is 0 Å².